The van der Waals surface area contributed by atoms with Crippen molar-refractivity contribution in [3.8, 4) is 6.07 Å². The number of carboxylic acids is 1. The van der Waals surface area contributed by atoms with Crippen LogP contribution < -0.4 is 0 Å². The average molecular weight is 241 g/mol. The number of nitriles is 1. The largest absolute Gasteiger partial charge is 0.480 e. The molecule has 1 aliphatic carbocycles. The van der Waals surface area contributed by atoms with Crippen LogP contribution in [0.1, 0.15) is 17.5 Å². The van der Waals surface area contributed by atoms with Gasteiger partial charge in [0.1, 0.15) is 11.9 Å². The molecular weight excluding hydrogens is 235 g/mol. The molecule has 2 rings (SSSR count). The van der Waals surface area contributed by atoms with E-state index in [9.17, 15) is 18.0 Å². The van der Waals surface area contributed by atoms with Gasteiger partial charge >= 0.3 is 5.97 Å². The number of alkyl halides is 2. The van der Waals surface area contributed by atoms with E-state index < -0.39 is 35.1 Å². The molecule has 3 nitrogen and oxygen atoms in total. The number of nitrogens with zero attached hydrogens (tertiary/aromatic N) is 1. The van der Waals surface area contributed by atoms with Crippen LogP contribution in [-0.4, -0.2) is 17.0 Å². The lowest BCUT2D eigenvalue weighted by molar-refractivity contribution is -0.142. The van der Waals surface area contributed by atoms with Crippen molar-refractivity contribution in [1.82, 2.24) is 0 Å². The third kappa shape index (κ3) is 1.39. The van der Waals surface area contributed by atoms with E-state index in [1.54, 1.807) is 0 Å². The molecule has 1 unspecified atom stereocenters. The number of carboxylic acid groups (broad SMARTS) is 1. The van der Waals surface area contributed by atoms with Crippen LogP contribution in [0.15, 0.2) is 18.2 Å². The quantitative estimate of drug-likeness (QED) is 0.862. The van der Waals surface area contributed by atoms with Gasteiger partial charge < -0.3 is 5.11 Å². The summed E-state index contributed by atoms with van der Waals surface area (Å²) in [4.78, 5) is 10.9. The first-order chi connectivity index (χ1) is 7.85. The van der Waals surface area contributed by atoms with Crippen LogP contribution in [0.4, 0.5) is 13.2 Å². The molecule has 1 fully saturated rings. The lowest BCUT2D eigenvalue weighted by Gasteiger charge is -2.11. The molecule has 17 heavy (non-hydrogen) atoms. The van der Waals surface area contributed by atoms with E-state index in [4.69, 9.17) is 10.4 Å². The van der Waals surface area contributed by atoms with E-state index in [-0.39, 0.29) is 5.56 Å². The minimum Gasteiger partial charge on any atom is -0.480 e. The lowest BCUT2D eigenvalue weighted by Crippen LogP contribution is -2.27. The monoisotopic (exact) mass is 241 g/mol. The number of hydrogen-bond acceptors (Lipinski definition) is 2. The highest BCUT2D eigenvalue weighted by Crippen LogP contribution is 2.61. The van der Waals surface area contributed by atoms with Crippen molar-refractivity contribution < 1.29 is 23.1 Å². The Morgan fingerprint density at radius 3 is 2.47 bits per heavy atom. The molecule has 1 aromatic carbocycles. The van der Waals surface area contributed by atoms with Crippen molar-refractivity contribution in [3.63, 3.8) is 0 Å². The predicted molar refractivity (Wildman–Crippen MR) is 50.0 cm³/mol. The number of carbonyl (C=O) groups is 1. The fourth-order valence-electron chi connectivity index (χ4n) is 1.83. The van der Waals surface area contributed by atoms with Crippen molar-refractivity contribution in [2.75, 3.05) is 0 Å². The third-order valence-electron chi connectivity index (χ3n) is 2.93. The van der Waals surface area contributed by atoms with Gasteiger partial charge in [-0.1, -0.05) is 6.07 Å². The Morgan fingerprint density at radius 1 is 1.47 bits per heavy atom. The number of hydrogen-bond donors (Lipinski definition) is 1. The van der Waals surface area contributed by atoms with E-state index in [1.165, 1.54) is 6.07 Å². The lowest BCUT2D eigenvalue weighted by atomic mass is 9.94. The molecule has 0 aromatic heterocycles. The van der Waals surface area contributed by atoms with E-state index in [1.807, 2.05) is 0 Å². The standard InChI is InChI=1S/C11H6F3NO2/c12-8-2-1-7(3-6(8)4-15)10(9(16)17)5-11(10,13)14/h1-3H,5H2,(H,16,17). The van der Waals surface area contributed by atoms with Crippen molar-refractivity contribution >= 4 is 5.97 Å². The Kier molecular flexibility index (Phi) is 2.18. The molecular formula is C11H6F3NO2. The number of halogens is 3. The molecule has 0 spiro atoms. The molecule has 1 N–H and O–H groups in total. The van der Waals surface area contributed by atoms with Gasteiger partial charge in [-0.2, -0.15) is 5.26 Å². The molecule has 1 atom stereocenters. The Bertz CT molecular complexity index is 550. The van der Waals surface area contributed by atoms with Gasteiger partial charge in [0, 0.05) is 6.42 Å². The second kappa shape index (κ2) is 3.23. The smallest absolute Gasteiger partial charge is 0.320 e. The van der Waals surface area contributed by atoms with Crippen molar-refractivity contribution in [1.29, 1.82) is 5.26 Å². The van der Waals surface area contributed by atoms with Gasteiger partial charge in [-0.25, -0.2) is 13.2 Å². The summed E-state index contributed by atoms with van der Waals surface area (Å²) < 4.78 is 39.3. The zero-order valence-electron chi connectivity index (χ0n) is 8.38. The Morgan fingerprint density at radius 2 is 2.06 bits per heavy atom. The van der Waals surface area contributed by atoms with E-state index in [0.29, 0.717) is 0 Å². The summed E-state index contributed by atoms with van der Waals surface area (Å²) in [5, 5.41) is 17.4. The van der Waals surface area contributed by atoms with Gasteiger partial charge in [0.05, 0.1) is 5.56 Å². The SMILES string of the molecule is N#Cc1cc(C2(C(=O)O)CC2(F)F)ccc1F. The summed E-state index contributed by atoms with van der Waals surface area (Å²) in [7, 11) is 0. The molecule has 0 radical (unpaired) electrons. The van der Waals surface area contributed by atoms with Crippen LogP contribution in [0.2, 0.25) is 0 Å². The van der Waals surface area contributed by atoms with Crippen molar-refractivity contribution in [3.05, 3.63) is 35.1 Å². The molecule has 0 heterocycles. The molecule has 0 amide bonds. The predicted octanol–water partition coefficient (Wildman–Crippen LogP) is 2.06. The topological polar surface area (TPSA) is 61.1 Å². The normalized spacial score (nSPS) is 25.1. The molecule has 1 saturated carbocycles. The van der Waals surface area contributed by atoms with E-state index in [2.05, 4.69) is 0 Å². The third-order valence-corrected chi connectivity index (χ3v) is 2.93. The number of aliphatic carboxylic acids is 1. The first kappa shape index (κ1) is 11.5. The van der Waals surface area contributed by atoms with E-state index in [0.717, 1.165) is 18.2 Å². The molecule has 1 aliphatic rings. The number of benzene rings is 1. The van der Waals surface area contributed by atoms with Gasteiger partial charge in [-0.15, -0.1) is 0 Å². The molecule has 6 heteroatoms. The van der Waals surface area contributed by atoms with Crippen LogP contribution in [0, 0.1) is 17.1 Å². The fraction of sp³-hybridized carbons (Fsp3) is 0.273. The van der Waals surface area contributed by atoms with E-state index >= 15 is 0 Å². The summed E-state index contributed by atoms with van der Waals surface area (Å²) in [5.74, 6) is -5.89. The summed E-state index contributed by atoms with van der Waals surface area (Å²) in [6.07, 6.45) is -0.828. The van der Waals surface area contributed by atoms with Gasteiger partial charge in [0.15, 0.2) is 5.41 Å². The zero-order valence-corrected chi connectivity index (χ0v) is 8.38. The maximum atomic E-state index is 13.2. The van der Waals surface area contributed by atoms with Gasteiger partial charge in [0.25, 0.3) is 5.92 Å². The van der Waals surface area contributed by atoms with Crippen molar-refractivity contribution in [2.45, 2.75) is 17.8 Å². The fourth-order valence-corrected chi connectivity index (χ4v) is 1.83. The molecule has 88 valence electrons. The zero-order chi connectivity index (χ0) is 12.8. The first-order valence-electron chi connectivity index (χ1n) is 4.66. The van der Waals surface area contributed by atoms with Gasteiger partial charge in [-0.05, 0) is 17.7 Å². The Labute approximate surface area is 94.1 Å². The molecule has 1 aromatic rings. The summed E-state index contributed by atoms with van der Waals surface area (Å²) in [5.41, 5.74) is -2.99. The Balaban J connectivity index is 2.56. The highest BCUT2D eigenvalue weighted by molar-refractivity contribution is 5.87. The second-order valence-corrected chi connectivity index (χ2v) is 3.90. The summed E-state index contributed by atoms with van der Waals surface area (Å²) >= 11 is 0. The molecule has 0 saturated heterocycles. The van der Waals surface area contributed by atoms with Gasteiger partial charge in [0.2, 0.25) is 0 Å². The highest BCUT2D eigenvalue weighted by Gasteiger charge is 2.77. The van der Waals surface area contributed by atoms with Crippen LogP contribution in [0.3, 0.4) is 0 Å². The Hall–Kier alpha value is -2.03. The molecule has 0 aliphatic heterocycles. The van der Waals surface area contributed by atoms with Crippen LogP contribution in [0.5, 0.6) is 0 Å². The maximum Gasteiger partial charge on any atom is 0.320 e. The van der Waals surface area contributed by atoms with Crippen LogP contribution in [0.25, 0.3) is 0 Å². The first-order valence-corrected chi connectivity index (χ1v) is 4.66. The van der Waals surface area contributed by atoms with Gasteiger partial charge in [-0.3, -0.25) is 4.79 Å². The summed E-state index contributed by atoms with van der Waals surface area (Å²) in [6, 6.07) is 4.16. The minimum absolute atomic E-state index is 0.243. The minimum atomic E-state index is -3.36. The molecule has 0 bridgehead atoms. The summed E-state index contributed by atoms with van der Waals surface area (Å²) in [6.45, 7) is 0. The average Bonchev–Trinajstić information content (AvgIpc) is 2.84. The number of rotatable bonds is 2. The second-order valence-electron chi connectivity index (χ2n) is 3.90. The maximum absolute atomic E-state index is 13.2. The van der Waals surface area contributed by atoms with Crippen LogP contribution in [-0.2, 0) is 10.2 Å². The van der Waals surface area contributed by atoms with Crippen LogP contribution >= 0.6 is 0 Å². The van der Waals surface area contributed by atoms with Crippen molar-refractivity contribution in [2.24, 2.45) is 0 Å². The highest BCUT2D eigenvalue weighted by atomic mass is 19.3.